The summed E-state index contributed by atoms with van der Waals surface area (Å²) in [6, 6.07) is 9.28. The summed E-state index contributed by atoms with van der Waals surface area (Å²) in [5, 5.41) is 10.4. The predicted octanol–water partition coefficient (Wildman–Crippen LogP) is 2.70. The van der Waals surface area contributed by atoms with E-state index in [1.54, 1.807) is 38.9 Å². The average Bonchev–Trinajstić information content (AvgIpc) is 3.09. The van der Waals surface area contributed by atoms with Crippen LogP contribution in [-0.4, -0.2) is 33.9 Å². The number of imidazole rings is 1. The number of hydrogen-bond acceptors (Lipinski definition) is 5. The minimum absolute atomic E-state index is 0.362. The second-order valence-electron chi connectivity index (χ2n) is 5.25. The van der Waals surface area contributed by atoms with Crippen LogP contribution in [0.2, 0.25) is 0 Å². The van der Waals surface area contributed by atoms with Crippen LogP contribution in [0.3, 0.4) is 0 Å². The SMILES string of the molecule is COc1cccc(-c2nccn2C[C@@H](O)c2cccnc2)c1OC. The monoisotopic (exact) mass is 325 g/mol. The van der Waals surface area contributed by atoms with Crippen LogP contribution >= 0.6 is 0 Å². The van der Waals surface area contributed by atoms with Gasteiger partial charge in [-0.15, -0.1) is 0 Å². The molecule has 1 atom stereocenters. The topological polar surface area (TPSA) is 69.4 Å². The third-order valence-electron chi connectivity index (χ3n) is 3.80. The highest BCUT2D eigenvalue weighted by atomic mass is 16.5. The number of aliphatic hydroxyl groups is 1. The van der Waals surface area contributed by atoms with E-state index in [4.69, 9.17) is 9.47 Å². The molecule has 0 aliphatic carbocycles. The number of aliphatic hydroxyl groups excluding tert-OH is 1. The van der Waals surface area contributed by atoms with E-state index in [2.05, 4.69) is 9.97 Å². The average molecular weight is 325 g/mol. The van der Waals surface area contributed by atoms with Crippen LogP contribution in [-0.2, 0) is 6.54 Å². The number of benzene rings is 1. The highest BCUT2D eigenvalue weighted by Gasteiger charge is 2.17. The van der Waals surface area contributed by atoms with Gasteiger partial charge in [0.2, 0.25) is 0 Å². The largest absolute Gasteiger partial charge is 0.493 e. The van der Waals surface area contributed by atoms with Crippen LogP contribution in [0, 0.1) is 0 Å². The molecule has 124 valence electrons. The first-order valence-corrected chi connectivity index (χ1v) is 7.55. The Balaban J connectivity index is 1.94. The molecule has 0 aliphatic rings. The molecule has 3 aromatic rings. The Morgan fingerprint density at radius 3 is 2.71 bits per heavy atom. The van der Waals surface area contributed by atoms with Gasteiger partial charge in [-0.25, -0.2) is 4.98 Å². The van der Waals surface area contributed by atoms with Gasteiger partial charge in [-0.2, -0.15) is 0 Å². The normalized spacial score (nSPS) is 12.0. The number of para-hydroxylation sites is 1. The molecule has 0 saturated carbocycles. The zero-order chi connectivity index (χ0) is 16.9. The van der Waals surface area contributed by atoms with Gasteiger partial charge >= 0.3 is 0 Å². The molecule has 24 heavy (non-hydrogen) atoms. The minimum Gasteiger partial charge on any atom is -0.493 e. The summed E-state index contributed by atoms with van der Waals surface area (Å²) >= 11 is 0. The fourth-order valence-electron chi connectivity index (χ4n) is 2.63. The number of nitrogens with zero attached hydrogens (tertiary/aromatic N) is 3. The van der Waals surface area contributed by atoms with Crippen molar-refractivity contribution in [3.05, 3.63) is 60.7 Å². The zero-order valence-electron chi connectivity index (χ0n) is 13.6. The molecule has 1 aromatic carbocycles. The van der Waals surface area contributed by atoms with Crippen molar-refractivity contribution >= 4 is 0 Å². The molecule has 2 heterocycles. The Kier molecular flexibility index (Phi) is 4.77. The van der Waals surface area contributed by atoms with Gasteiger partial charge in [0.05, 0.1) is 32.4 Å². The van der Waals surface area contributed by atoms with Crippen molar-refractivity contribution in [3.63, 3.8) is 0 Å². The maximum atomic E-state index is 10.4. The summed E-state index contributed by atoms with van der Waals surface area (Å²) in [6.07, 6.45) is 6.19. The van der Waals surface area contributed by atoms with Gasteiger partial charge in [0.25, 0.3) is 0 Å². The van der Waals surface area contributed by atoms with E-state index in [0.717, 1.165) is 11.1 Å². The molecule has 0 fully saturated rings. The molecule has 0 saturated heterocycles. The van der Waals surface area contributed by atoms with E-state index in [1.807, 2.05) is 35.0 Å². The number of pyridine rings is 1. The number of methoxy groups -OCH3 is 2. The molecule has 0 spiro atoms. The van der Waals surface area contributed by atoms with Gasteiger partial charge in [-0.3, -0.25) is 4.98 Å². The quantitative estimate of drug-likeness (QED) is 0.754. The van der Waals surface area contributed by atoms with E-state index in [0.29, 0.717) is 23.9 Å². The van der Waals surface area contributed by atoms with Crippen molar-refractivity contribution in [1.29, 1.82) is 0 Å². The van der Waals surface area contributed by atoms with Crippen molar-refractivity contribution in [2.45, 2.75) is 12.6 Å². The van der Waals surface area contributed by atoms with Gasteiger partial charge in [0.15, 0.2) is 11.5 Å². The fraction of sp³-hybridized carbons (Fsp3) is 0.222. The minimum atomic E-state index is -0.678. The standard InChI is InChI=1S/C18H19N3O3/c1-23-16-7-3-6-14(17(16)24-2)18-20-9-10-21(18)12-15(22)13-5-4-8-19-11-13/h3-11,15,22H,12H2,1-2H3/t15-/m1/s1. The third kappa shape index (κ3) is 3.09. The summed E-state index contributed by atoms with van der Waals surface area (Å²) in [5.41, 5.74) is 1.56. The molecule has 6 heteroatoms. The Bertz CT molecular complexity index is 802. The number of hydrogen-bond donors (Lipinski definition) is 1. The molecule has 0 aliphatic heterocycles. The lowest BCUT2D eigenvalue weighted by Gasteiger charge is -2.16. The maximum absolute atomic E-state index is 10.4. The molecular weight excluding hydrogens is 306 g/mol. The van der Waals surface area contributed by atoms with Crippen LogP contribution < -0.4 is 9.47 Å². The van der Waals surface area contributed by atoms with E-state index >= 15 is 0 Å². The molecule has 2 aromatic heterocycles. The smallest absolute Gasteiger partial charge is 0.171 e. The fourth-order valence-corrected chi connectivity index (χ4v) is 2.63. The highest BCUT2D eigenvalue weighted by molar-refractivity contribution is 5.69. The predicted molar refractivity (Wildman–Crippen MR) is 90.0 cm³/mol. The zero-order valence-corrected chi connectivity index (χ0v) is 13.6. The number of aromatic nitrogens is 3. The lowest BCUT2D eigenvalue weighted by atomic mass is 10.1. The Morgan fingerprint density at radius 2 is 2.00 bits per heavy atom. The Labute approximate surface area is 140 Å². The maximum Gasteiger partial charge on any atom is 0.171 e. The molecule has 6 nitrogen and oxygen atoms in total. The summed E-state index contributed by atoms with van der Waals surface area (Å²) in [4.78, 5) is 8.46. The molecule has 0 radical (unpaired) electrons. The van der Waals surface area contributed by atoms with Crippen LogP contribution in [0.25, 0.3) is 11.4 Å². The molecule has 1 N–H and O–H groups in total. The summed E-state index contributed by atoms with van der Waals surface area (Å²) in [5.74, 6) is 1.95. The summed E-state index contributed by atoms with van der Waals surface area (Å²) in [6.45, 7) is 0.362. The van der Waals surface area contributed by atoms with Crippen molar-refractivity contribution in [2.75, 3.05) is 14.2 Å². The van der Waals surface area contributed by atoms with Crippen LogP contribution in [0.15, 0.2) is 55.1 Å². The van der Waals surface area contributed by atoms with Gasteiger partial charge in [-0.1, -0.05) is 12.1 Å². The summed E-state index contributed by atoms with van der Waals surface area (Å²) in [7, 11) is 3.19. The Morgan fingerprint density at radius 1 is 1.12 bits per heavy atom. The van der Waals surface area contributed by atoms with Crippen LogP contribution in [0.4, 0.5) is 0 Å². The molecule has 0 amide bonds. The first-order valence-electron chi connectivity index (χ1n) is 7.55. The van der Waals surface area contributed by atoms with Crippen LogP contribution in [0.1, 0.15) is 11.7 Å². The molecule has 3 rings (SSSR count). The first kappa shape index (κ1) is 16.0. The number of ether oxygens (including phenoxy) is 2. The van der Waals surface area contributed by atoms with Crippen molar-refractivity contribution in [1.82, 2.24) is 14.5 Å². The van der Waals surface area contributed by atoms with Gasteiger partial charge < -0.3 is 19.1 Å². The lowest BCUT2D eigenvalue weighted by Crippen LogP contribution is -2.10. The molecule has 0 bridgehead atoms. The van der Waals surface area contributed by atoms with E-state index in [9.17, 15) is 5.11 Å². The lowest BCUT2D eigenvalue weighted by molar-refractivity contribution is 0.156. The second kappa shape index (κ2) is 7.14. The van der Waals surface area contributed by atoms with Gasteiger partial charge in [0.1, 0.15) is 5.82 Å². The third-order valence-corrected chi connectivity index (χ3v) is 3.80. The second-order valence-corrected chi connectivity index (χ2v) is 5.25. The molecular formula is C18H19N3O3. The van der Waals surface area contributed by atoms with E-state index < -0.39 is 6.10 Å². The van der Waals surface area contributed by atoms with E-state index in [-0.39, 0.29) is 0 Å². The van der Waals surface area contributed by atoms with Gasteiger partial charge in [-0.05, 0) is 18.2 Å². The first-order chi connectivity index (χ1) is 11.7. The van der Waals surface area contributed by atoms with Crippen molar-refractivity contribution < 1.29 is 14.6 Å². The van der Waals surface area contributed by atoms with Gasteiger partial charge in [0, 0.05) is 30.4 Å². The van der Waals surface area contributed by atoms with Crippen LogP contribution in [0.5, 0.6) is 11.5 Å². The van der Waals surface area contributed by atoms with Crippen molar-refractivity contribution in [3.8, 4) is 22.9 Å². The molecule has 0 unspecified atom stereocenters. The Hall–Kier alpha value is -2.86. The number of rotatable bonds is 6. The van der Waals surface area contributed by atoms with E-state index in [1.165, 1.54) is 0 Å². The van der Waals surface area contributed by atoms with Crippen molar-refractivity contribution in [2.24, 2.45) is 0 Å². The summed E-state index contributed by atoms with van der Waals surface area (Å²) < 4.78 is 12.7. The highest BCUT2D eigenvalue weighted by Crippen LogP contribution is 2.37.